The first-order valence-electron chi connectivity index (χ1n) is 9.98. The smallest absolute Gasteiger partial charge is 0.416 e. The minimum Gasteiger partial charge on any atom is -0.486 e. The molecule has 0 bridgehead atoms. The fraction of sp³-hybridized carbons (Fsp3) is 0.286. The molecule has 0 saturated heterocycles. The van der Waals surface area contributed by atoms with Gasteiger partial charge in [0.2, 0.25) is 0 Å². The average molecular weight is 514 g/mol. The number of anilines is 1. The number of sulfonamides is 1. The summed E-state index contributed by atoms with van der Waals surface area (Å²) in [4.78, 5) is 10.5. The van der Waals surface area contributed by atoms with Crippen LogP contribution in [0.1, 0.15) is 23.4 Å². The zero-order valence-corrected chi connectivity index (χ0v) is 19.2. The standard InChI is InChI=1S/C21H18F3N3O5S2/c1-12-25-26-20(33-12)13-5-7-18-17(9-13)27(11-15(32-18)6-8-19(28)29)34(30,31)16-4-2-3-14(10-16)21(22,23)24/h2-5,7,9-10,15H,6,8,11H2,1H3,(H,28,29)/t15-/m0/s1. The van der Waals surface area contributed by atoms with Crippen LogP contribution in [0.4, 0.5) is 18.9 Å². The van der Waals surface area contributed by atoms with E-state index in [1.165, 1.54) is 23.5 Å². The number of halogens is 3. The molecule has 1 aliphatic rings. The molecule has 8 nitrogen and oxygen atoms in total. The Labute approximate surface area is 196 Å². The average Bonchev–Trinajstić information content (AvgIpc) is 3.22. The van der Waals surface area contributed by atoms with E-state index in [9.17, 15) is 26.4 Å². The number of carboxylic acids is 1. The van der Waals surface area contributed by atoms with Gasteiger partial charge in [0.15, 0.2) is 0 Å². The second kappa shape index (κ2) is 8.87. The van der Waals surface area contributed by atoms with Gasteiger partial charge in [0, 0.05) is 12.0 Å². The zero-order chi connectivity index (χ0) is 24.7. The highest BCUT2D eigenvalue weighted by atomic mass is 32.2. The topological polar surface area (TPSA) is 110 Å². The molecule has 0 radical (unpaired) electrons. The first kappa shape index (κ1) is 24.0. The summed E-state index contributed by atoms with van der Waals surface area (Å²) in [6.45, 7) is 1.50. The summed E-state index contributed by atoms with van der Waals surface area (Å²) in [6.07, 6.45) is -5.78. The van der Waals surface area contributed by atoms with Crippen molar-refractivity contribution >= 4 is 33.0 Å². The van der Waals surface area contributed by atoms with Gasteiger partial charge in [-0.15, -0.1) is 10.2 Å². The van der Waals surface area contributed by atoms with Gasteiger partial charge in [0.05, 0.1) is 22.7 Å². The van der Waals surface area contributed by atoms with E-state index in [1.54, 1.807) is 13.0 Å². The molecule has 180 valence electrons. The number of ether oxygens (including phenoxy) is 1. The Bertz CT molecular complexity index is 1340. The van der Waals surface area contributed by atoms with Gasteiger partial charge in [-0.2, -0.15) is 13.2 Å². The minimum absolute atomic E-state index is 0.0146. The third kappa shape index (κ3) is 4.85. The molecular weight excluding hydrogens is 495 g/mol. The van der Waals surface area contributed by atoms with Crippen LogP contribution in [-0.2, 0) is 21.0 Å². The zero-order valence-electron chi connectivity index (χ0n) is 17.6. The first-order chi connectivity index (χ1) is 15.9. The lowest BCUT2D eigenvalue weighted by molar-refractivity contribution is -0.138. The van der Waals surface area contributed by atoms with Gasteiger partial charge in [-0.3, -0.25) is 9.10 Å². The molecule has 1 aromatic heterocycles. The number of carbonyl (C=O) groups is 1. The number of alkyl halides is 3. The van der Waals surface area contributed by atoms with Crippen LogP contribution in [-0.4, -0.2) is 42.3 Å². The largest absolute Gasteiger partial charge is 0.486 e. The Morgan fingerprint density at radius 1 is 1.24 bits per heavy atom. The van der Waals surface area contributed by atoms with Crippen LogP contribution in [0, 0.1) is 6.92 Å². The molecule has 1 N–H and O–H groups in total. The van der Waals surface area contributed by atoms with Crippen LogP contribution in [0.15, 0.2) is 47.4 Å². The quantitative estimate of drug-likeness (QED) is 0.522. The molecule has 0 spiro atoms. The molecular formula is C21H18F3N3O5S2. The number of fused-ring (bicyclic) bond motifs is 1. The molecule has 13 heteroatoms. The molecule has 0 amide bonds. The van der Waals surface area contributed by atoms with E-state index in [0.29, 0.717) is 21.6 Å². The number of nitrogens with zero attached hydrogens (tertiary/aromatic N) is 3. The van der Waals surface area contributed by atoms with Gasteiger partial charge in [-0.1, -0.05) is 17.4 Å². The van der Waals surface area contributed by atoms with Gasteiger partial charge in [-0.25, -0.2) is 8.42 Å². The highest BCUT2D eigenvalue weighted by Gasteiger charge is 2.37. The second-order valence-electron chi connectivity index (χ2n) is 7.54. The molecule has 3 aromatic rings. The van der Waals surface area contributed by atoms with E-state index in [4.69, 9.17) is 9.84 Å². The molecule has 1 atom stereocenters. The molecule has 0 unspecified atom stereocenters. The number of aliphatic carboxylic acids is 1. The van der Waals surface area contributed by atoms with Crippen LogP contribution in [0.5, 0.6) is 5.75 Å². The van der Waals surface area contributed by atoms with Gasteiger partial charge >= 0.3 is 12.1 Å². The second-order valence-corrected chi connectivity index (χ2v) is 10.6. The van der Waals surface area contributed by atoms with Gasteiger partial charge in [0.1, 0.15) is 21.9 Å². The van der Waals surface area contributed by atoms with Crippen LogP contribution >= 0.6 is 11.3 Å². The Morgan fingerprint density at radius 2 is 2.00 bits per heavy atom. The monoisotopic (exact) mass is 513 g/mol. The Kier molecular flexibility index (Phi) is 6.25. The number of carboxylic acid groups (broad SMARTS) is 1. The summed E-state index contributed by atoms with van der Waals surface area (Å²) in [7, 11) is -4.45. The molecule has 0 aliphatic carbocycles. The van der Waals surface area contributed by atoms with E-state index in [-0.39, 0.29) is 30.8 Å². The molecule has 1 aliphatic heterocycles. The van der Waals surface area contributed by atoms with Crippen molar-refractivity contribution in [2.75, 3.05) is 10.8 Å². The van der Waals surface area contributed by atoms with E-state index < -0.39 is 38.7 Å². The fourth-order valence-electron chi connectivity index (χ4n) is 3.48. The predicted octanol–water partition coefficient (Wildman–Crippen LogP) is 4.35. The van der Waals surface area contributed by atoms with Crippen molar-refractivity contribution in [3.63, 3.8) is 0 Å². The van der Waals surface area contributed by atoms with Crippen molar-refractivity contribution in [2.24, 2.45) is 0 Å². The van der Waals surface area contributed by atoms with Crippen LogP contribution in [0.3, 0.4) is 0 Å². The predicted molar refractivity (Wildman–Crippen MR) is 117 cm³/mol. The Hall–Kier alpha value is -3.19. The van der Waals surface area contributed by atoms with Crippen molar-refractivity contribution in [3.05, 3.63) is 53.0 Å². The molecule has 34 heavy (non-hydrogen) atoms. The number of hydrogen-bond acceptors (Lipinski definition) is 7. The lowest BCUT2D eigenvalue weighted by atomic mass is 10.1. The lowest BCUT2D eigenvalue weighted by Gasteiger charge is -2.35. The SMILES string of the molecule is Cc1nnc(-c2ccc3c(c2)N(S(=O)(=O)c2cccc(C(F)(F)F)c2)C[C@H](CCC(=O)O)O3)s1. The number of benzene rings is 2. The molecule has 2 heterocycles. The van der Waals surface area contributed by atoms with Gasteiger partial charge in [0.25, 0.3) is 10.0 Å². The number of hydrogen-bond donors (Lipinski definition) is 1. The summed E-state index contributed by atoms with van der Waals surface area (Å²) in [6, 6.07) is 8.19. The van der Waals surface area contributed by atoms with Crippen LogP contribution in [0.25, 0.3) is 10.6 Å². The van der Waals surface area contributed by atoms with Crippen molar-refractivity contribution in [1.82, 2.24) is 10.2 Å². The highest BCUT2D eigenvalue weighted by Crippen LogP contribution is 2.41. The normalized spacial score (nSPS) is 16.1. The Balaban J connectivity index is 1.80. The van der Waals surface area contributed by atoms with Crippen LogP contribution in [0.2, 0.25) is 0 Å². The third-order valence-electron chi connectivity index (χ3n) is 5.09. The minimum atomic E-state index is -4.72. The molecule has 0 saturated carbocycles. The van der Waals surface area contributed by atoms with Gasteiger partial charge < -0.3 is 9.84 Å². The summed E-state index contributed by atoms with van der Waals surface area (Å²) in [5.74, 6) is -0.911. The fourth-order valence-corrected chi connectivity index (χ4v) is 5.71. The maximum atomic E-state index is 13.5. The number of aryl methyl sites for hydroxylation is 1. The summed E-state index contributed by atoms with van der Waals surface area (Å²) in [5, 5.41) is 18.2. The van der Waals surface area contributed by atoms with E-state index >= 15 is 0 Å². The summed E-state index contributed by atoms with van der Waals surface area (Å²) >= 11 is 1.29. The van der Waals surface area contributed by atoms with Crippen LogP contribution < -0.4 is 9.04 Å². The van der Waals surface area contributed by atoms with Crippen molar-refractivity contribution < 1.29 is 36.2 Å². The third-order valence-corrected chi connectivity index (χ3v) is 7.76. The molecule has 2 aromatic carbocycles. The Morgan fingerprint density at radius 3 is 2.65 bits per heavy atom. The molecule has 0 fully saturated rings. The maximum absolute atomic E-state index is 13.5. The molecule has 4 rings (SSSR count). The number of aromatic nitrogens is 2. The van der Waals surface area contributed by atoms with Gasteiger partial charge in [-0.05, 0) is 49.7 Å². The maximum Gasteiger partial charge on any atom is 0.416 e. The van der Waals surface area contributed by atoms with E-state index in [0.717, 1.165) is 22.5 Å². The number of rotatable bonds is 6. The summed E-state index contributed by atoms with van der Waals surface area (Å²) < 4.78 is 73.5. The van der Waals surface area contributed by atoms with E-state index in [1.807, 2.05) is 0 Å². The lowest BCUT2D eigenvalue weighted by Crippen LogP contribution is -2.43. The van der Waals surface area contributed by atoms with Crippen molar-refractivity contribution in [3.8, 4) is 16.3 Å². The van der Waals surface area contributed by atoms with Crippen molar-refractivity contribution in [2.45, 2.75) is 36.9 Å². The van der Waals surface area contributed by atoms with E-state index in [2.05, 4.69) is 10.2 Å². The highest BCUT2D eigenvalue weighted by molar-refractivity contribution is 7.92. The summed E-state index contributed by atoms with van der Waals surface area (Å²) in [5.41, 5.74) is -0.418. The first-order valence-corrected chi connectivity index (χ1v) is 12.2. The van der Waals surface area contributed by atoms with Crippen molar-refractivity contribution in [1.29, 1.82) is 0 Å².